The van der Waals surface area contributed by atoms with E-state index in [1.165, 1.54) is 12.1 Å². The number of hydrogen-bond acceptors (Lipinski definition) is 7. The summed E-state index contributed by atoms with van der Waals surface area (Å²) in [5, 5.41) is 10.7. The molecule has 11 heteroatoms. The van der Waals surface area contributed by atoms with E-state index < -0.39 is 17.6 Å². The van der Waals surface area contributed by atoms with Crippen LogP contribution in [-0.2, 0) is 12.7 Å². The summed E-state index contributed by atoms with van der Waals surface area (Å²) in [4.78, 5) is 23.8. The normalized spacial score (nSPS) is 15.7. The molecule has 8 nitrogen and oxygen atoms in total. The van der Waals surface area contributed by atoms with Gasteiger partial charge in [-0.1, -0.05) is 18.2 Å². The summed E-state index contributed by atoms with van der Waals surface area (Å²) in [7, 11) is 0. The Labute approximate surface area is 240 Å². The fraction of sp³-hybridized carbons (Fsp3) is 0.258. The Bertz CT molecular complexity index is 1650. The Morgan fingerprint density at radius 1 is 0.929 bits per heavy atom. The van der Waals surface area contributed by atoms with Crippen molar-refractivity contribution in [2.45, 2.75) is 12.7 Å². The number of carbonyl (C=O) groups excluding carboxylic acids is 1. The second kappa shape index (κ2) is 11.8. The van der Waals surface area contributed by atoms with Crippen molar-refractivity contribution >= 4 is 28.2 Å². The van der Waals surface area contributed by atoms with E-state index in [-0.39, 0.29) is 17.8 Å². The summed E-state index contributed by atoms with van der Waals surface area (Å²) >= 11 is 0. The summed E-state index contributed by atoms with van der Waals surface area (Å²) in [6.45, 7) is 4.53. The minimum absolute atomic E-state index is 0.0865. The number of pyridine rings is 1. The summed E-state index contributed by atoms with van der Waals surface area (Å²) < 4.78 is 47.9. The van der Waals surface area contributed by atoms with Gasteiger partial charge in [0.15, 0.2) is 0 Å². The highest BCUT2D eigenvalue weighted by Gasteiger charge is 2.34. The topological polar surface area (TPSA) is 90.9 Å². The molecule has 2 aliphatic rings. The largest absolute Gasteiger partial charge is 0.457 e. The lowest BCUT2D eigenvalue weighted by atomic mass is 10.0. The van der Waals surface area contributed by atoms with Crippen molar-refractivity contribution in [3.63, 3.8) is 0 Å². The first-order chi connectivity index (χ1) is 20.3. The van der Waals surface area contributed by atoms with Gasteiger partial charge in [0.2, 0.25) is 0 Å². The standard InChI is InChI=1S/C31H29F3N6O2/c32-31(33,34)27-17-24(5-3-22(27)19-40-13-11-35-12-14-40)39-30(41)21-2-1-20-4-6-25(16-23(20)15-21)42-26-7-8-36-28(18-26)29-37-9-10-38-29/h1-8,15-18,35H,9-14,19H2,(H,37,38)(H,39,41). The minimum Gasteiger partial charge on any atom is -0.457 e. The number of ether oxygens (including phenoxy) is 1. The van der Waals surface area contributed by atoms with Gasteiger partial charge in [0.1, 0.15) is 23.0 Å². The number of anilines is 1. The molecule has 1 fully saturated rings. The van der Waals surface area contributed by atoms with Gasteiger partial charge in [-0.05, 0) is 58.8 Å². The smallest absolute Gasteiger partial charge is 0.416 e. The molecule has 0 unspecified atom stereocenters. The SMILES string of the molecule is O=C(Nc1ccc(CN2CCNCC2)c(C(F)(F)F)c1)c1ccc2ccc(Oc3ccnc(C4=NCCN4)c3)cc2c1. The van der Waals surface area contributed by atoms with E-state index in [9.17, 15) is 18.0 Å². The third kappa shape index (κ3) is 6.37. The lowest BCUT2D eigenvalue weighted by molar-refractivity contribution is -0.138. The lowest BCUT2D eigenvalue weighted by Crippen LogP contribution is -2.43. The maximum absolute atomic E-state index is 13.9. The Morgan fingerprint density at radius 3 is 2.52 bits per heavy atom. The molecule has 4 aromatic rings. The average Bonchev–Trinajstić information content (AvgIpc) is 3.53. The number of aromatic nitrogens is 1. The Hall–Kier alpha value is -4.48. The molecule has 2 aliphatic heterocycles. The number of piperazine rings is 1. The van der Waals surface area contributed by atoms with E-state index >= 15 is 0 Å². The van der Waals surface area contributed by atoms with E-state index in [2.05, 4.69) is 25.9 Å². The van der Waals surface area contributed by atoms with Crippen molar-refractivity contribution in [1.82, 2.24) is 20.5 Å². The van der Waals surface area contributed by atoms with Crippen LogP contribution in [0.25, 0.3) is 10.8 Å². The second-order valence-electron chi connectivity index (χ2n) is 10.2. The van der Waals surface area contributed by atoms with Gasteiger partial charge in [-0.3, -0.25) is 19.7 Å². The zero-order valence-corrected chi connectivity index (χ0v) is 22.7. The molecule has 0 saturated carbocycles. The fourth-order valence-corrected chi connectivity index (χ4v) is 5.11. The molecular weight excluding hydrogens is 545 g/mol. The van der Waals surface area contributed by atoms with Crippen LogP contribution >= 0.6 is 0 Å². The molecule has 42 heavy (non-hydrogen) atoms. The van der Waals surface area contributed by atoms with E-state index in [1.54, 1.807) is 36.5 Å². The first kappa shape index (κ1) is 27.7. The molecule has 3 heterocycles. The molecule has 1 amide bonds. The number of carbonyl (C=O) groups is 1. The summed E-state index contributed by atoms with van der Waals surface area (Å²) in [5.41, 5.74) is 0.539. The number of fused-ring (bicyclic) bond motifs is 1. The summed E-state index contributed by atoms with van der Waals surface area (Å²) in [6, 6.07) is 18.2. The minimum atomic E-state index is -4.54. The lowest BCUT2D eigenvalue weighted by Gasteiger charge is -2.28. The van der Waals surface area contributed by atoms with Crippen LogP contribution in [0.4, 0.5) is 18.9 Å². The predicted octanol–water partition coefficient (Wildman–Crippen LogP) is 5.05. The number of alkyl halides is 3. The first-order valence-corrected chi connectivity index (χ1v) is 13.7. The van der Waals surface area contributed by atoms with Crippen LogP contribution < -0.4 is 20.7 Å². The molecule has 1 aromatic heterocycles. The van der Waals surface area contributed by atoms with Gasteiger partial charge in [-0.25, -0.2) is 0 Å². The molecular formula is C31H29F3N6O2. The quantitative estimate of drug-likeness (QED) is 0.286. The second-order valence-corrected chi connectivity index (χ2v) is 10.2. The van der Waals surface area contributed by atoms with Gasteiger partial charge in [0, 0.05) is 62.8 Å². The number of hydrogen-bond donors (Lipinski definition) is 3. The molecule has 0 atom stereocenters. The van der Waals surface area contributed by atoms with Crippen molar-refractivity contribution < 1.29 is 22.7 Å². The Kier molecular flexibility index (Phi) is 7.77. The maximum Gasteiger partial charge on any atom is 0.416 e. The highest BCUT2D eigenvalue weighted by atomic mass is 19.4. The van der Waals surface area contributed by atoms with Crippen molar-refractivity contribution in [3.8, 4) is 11.5 Å². The highest BCUT2D eigenvalue weighted by molar-refractivity contribution is 6.06. The van der Waals surface area contributed by atoms with E-state index in [4.69, 9.17) is 4.74 Å². The predicted molar refractivity (Wildman–Crippen MR) is 155 cm³/mol. The molecule has 0 radical (unpaired) electrons. The number of amides is 1. The summed E-state index contributed by atoms with van der Waals surface area (Å²) in [5.74, 6) is 1.37. The molecule has 0 bridgehead atoms. The molecule has 1 saturated heterocycles. The number of amidine groups is 1. The van der Waals surface area contributed by atoms with E-state index in [1.807, 2.05) is 23.1 Å². The van der Waals surface area contributed by atoms with E-state index in [0.717, 1.165) is 42.3 Å². The number of halogens is 3. The van der Waals surface area contributed by atoms with Crippen molar-refractivity contribution in [2.75, 3.05) is 44.6 Å². The monoisotopic (exact) mass is 574 g/mol. The van der Waals surface area contributed by atoms with Crippen LogP contribution in [0, 0.1) is 0 Å². The molecule has 0 aliphatic carbocycles. The number of aliphatic imine (C=N–C) groups is 1. The number of nitrogens with zero attached hydrogens (tertiary/aromatic N) is 3. The Balaban J connectivity index is 1.19. The van der Waals surface area contributed by atoms with Gasteiger partial charge in [0.25, 0.3) is 5.91 Å². The molecule has 0 spiro atoms. The zero-order valence-electron chi connectivity index (χ0n) is 22.7. The van der Waals surface area contributed by atoms with Gasteiger partial charge in [-0.2, -0.15) is 13.2 Å². The molecule has 3 N–H and O–H groups in total. The highest BCUT2D eigenvalue weighted by Crippen LogP contribution is 2.35. The van der Waals surface area contributed by atoms with Crippen LogP contribution in [-0.4, -0.2) is 60.9 Å². The first-order valence-electron chi connectivity index (χ1n) is 13.7. The van der Waals surface area contributed by atoms with Crippen LogP contribution in [0.15, 0.2) is 77.9 Å². The molecule has 6 rings (SSSR count). The molecule has 3 aromatic carbocycles. The van der Waals surface area contributed by atoms with Crippen LogP contribution in [0.3, 0.4) is 0 Å². The van der Waals surface area contributed by atoms with Gasteiger partial charge in [-0.15, -0.1) is 0 Å². The fourth-order valence-electron chi connectivity index (χ4n) is 5.11. The summed E-state index contributed by atoms with van der Waals surface area (Å²) in [6.07, 6.45) is -2.89. The molecule has 216 valence electrons. The number of rotatable bonds is 7. The third-order valence-electron chi connectivity index (χ3n) is 7.23. The number of benzene rings is 3. The van der Waals surface area contributed by atoms with Crippen LogP contribution in [0.1, 0.15) is 27.2 Å². The third-order valence-corrected chi connectivity index (χ3v) is 7.23. The van der Waals surface area contributed by atoms with Crippen LogP contribution in [0.2, 0.25) is 0 Å². The van der Waals surface area contributed by atoms with Crippen molar-refractivity contribution in [2.24, 2.45) is 4.99 Å². The van der Waals surface area contributed by atoms with Gasteiger partial charge < -0.3 is 20.7 Å². The van der Waals surface area contributed by atoms with Crippen molar-refractivity contribution in [1.29, 1.82) is 0 Å². The van der Waals surface area contributed by atoms with Crippen molar-refractivity contribution in [3.05, 3.63) is 95.3 Å². The zero-order chi connectivity index (χ0) is 29.1. The van der Waals surface area contributed by atoms with Crippen LogP contribution in [0.5, 0.6) is 11.5 Å². The van der Waals surface area contributed by atoms with Gasteiger partial charge in [0.05, 0.1) is 12.1 Å². The average molecular weight is 575 g/mol. The maximum atomic E-state index is 13.9. The van der Waals surface area contributed by atoms with E-state index in [0.29, 0.717) is 42.4 Å². The Morgan fingerprint density at radius 2 is 1.74 bits per heavy atom. The van der Waals surface area contributed by atoms with Gasteiger partial charge >= 0.3 is 6.18 Å². The number of nitrogens with one attached hydrogen (secondary N) is 3.